The Hall–Kier alpha value is -0.610. The summed E-state index contributed by atoms with van der Waals surface area (Å²) in [5.41, 5.74) is 0. The molecule has 2 fully saturated rings. The molecule has 17 heavy (non-hydrogen) atoms. The Balaban J connectivity index is 2.03. The molecule has 4 heteroatoms. The molecule has 2 rings (SSSR count). The first-order chi connectivity index (χ1) is 8.17. The van der Waals surface area contributed by atoms with Crippen molar-refractivity contribution in [1.29, 1.82) is 0 Å². The summed E-state index contributed by atoms with van der Waals surface area (Å²) in [5.74, 6) is -0.0478. The summed E-state index contributed by atoms with van der Waals surface area (Å²) >= 11 is 0. The highest BCUT2D eigenvalue weighted by Gasteiger charge is 2.61. The summed E-state index contributed by atoms with van der Waals surface area (Å²) < 4.78 is 16.7. The van der Waals surface area contributed by atoms with Crippen molar-refractivity contribution in [1.82, 2.24) is 0 Å². The van der Waals surface area contributed by atoms with E-state index in [0.717, 1.165) is 25.7 Å². The van der Waals surface area contributed by atoms with Crippen LogP contribution in [0.25, 0.3) is 0 Å². The highest BCUT2D eigenvalue weighted by molar-refractivity contribution is 5.69. The average Bonchev–Trinajstić information content (AvgIpc) is 2.81. The van der Waals surface area contributed by atoms with Crippen molar-refractivity contribution < 1.29 is 19.0 Å². The molecule has 0 heterocycles. The van der Waals surface area contributed by atoms with Crippen molar-refractivity contribution in [3.63, 3.8) is 0 Å². The minimum Gasteiger partial charge on any atom is -0.462 e. The Morgan fingerprint density at radius 1 is 1.29 bits per heavy atom. The molecule has 2 saturated carbocycles. The Bertz CT molecular complexity index is 285. The molecule has 0 aromatic heterocycles. The Morgan fingerprint density at radius 3 is 2.53 bits per heavy atom. The average molecular weight is 242 g/mol. The zero-order valence-corrected chi connectivity index (χ0v) is 10.9. The lowest BCUT2D eigenvalue weighted by molar-refractivity contribution is -0.240. The molecule has 3 atom stereocenters. The number of hydrogen-bond donors (Lipinski definition) is 0. The number of fused-ring (bicyclic) bond motifs is 2. The Labute approximate surface area is 103 Å². The second kappa shape index (κ2) is 4.94. The van der Waals surface area contributed by atoms with Gasteiger partial charge in [-0.15, -0.1) is 0 Å². The molecule has 0 aromatic carbocycles. The monoisotopic (exact) mass is 242 g/mol. The summed E-state index contributed by atoms with van der Waals surface area (Å²) in [6.45, 7) is 1.98. The van der Waals surface area contributed by atoms with Crippen molar-refractivity contribution in [2.75, 3.05) is 14.2 Å². The van der Waals surface area contributed by atoms with E-state index in [1.807, 2.05) is 6.92 Å². The van der Waals surface area contributed by atoms with Crippen LogP contribution in [0.15, 0.2) is 0 Å². The fourth-order valence-corrected chi connectivity index (χ4v) is 3.54. The Kier molecular flexibility index (Phi) is 3.73. The molecule has 0 N–H and O–H groups in total. The quantitative estimate of drug-likeness (QED) is 0.547. The SMILES string of the molecule is CCCC(=O)O[C@H]1C[C@H]2CC[C@@H]1C2(OC)OC. The topological polar surface area (TPSA) is 44.8 Å². The van der Waals surface area contributed by atoms with E-state index in [1.165, 1.54) is 0 Å². The van der Waals surface area contributed by atoms with Gasteiger partial charge in [0.1, 0.15) is 6.10 Å². The van der Waals surface area contributed by atoms with Gasteiger partial charge < -0.3 is 14.2 Å². The van der Waals surface area contributed by atoms with Crippen LogP contribution in [-0.2, 0) is 19.0 Å². The summed E-state index contributed by atoms with van der Waals surface area (Å²) in [7, 11) is 3.37. The van der Waals surface area contributed by atoms with Crippen LogP contribution in [0.1, 0.15) is 39.0 Å². The van der Waals surface area contributed by atoms with Gasteiger partial charge in [-0.25, -0.2) is 0 Å². The predicted octanol–water partition coefficient (Wildman–Crippen LogP) is 2.12. The maximum Gasteiger partial charge on any atom is 0.306 e. The van der Waals surface area contributed by atoms with E-state index in [0.29, 0.717) is 12.3 Å². The highest BCUT2D eigenvalue weighted by Crippen LogP contribution is 2.55. The number of hydrogen-bond acceptors (Lipinski definition) is 4. The van der Waals surface area contributed by atoms with Crippen molar-refractivity contribution in [3.05, 3.63) is 0 Å². The van der Waals surface area contributed by atoms with E-state index in [1.54, 1.807) is 14.2 Å². The van der Waals surface area contributed by atoms with E-state index in [2.05, 4.69) is 0 Å². The van der Waals surface area contributed by atoms with Gasteiger partial charge in [0, 0.05) is 26.6 Å². The van der Waals surface area contributed by atoms with Gasteiger partial charge in [-0.1, -0.05) is 6.92 Å². The molecule has 2 bridgehead atoms. The van der Waals surface area contributed by atoms with Crippen LogP contribution < -0.4 is 0 Å². The second-order valence-corrected chi connectivity index (χ2v) is 5.02. The first kappa shape index (κ1) is 12.8. The summed E-state index contributed by atoms with van der Waals surface area (Å²) in [4.78, 5) is 11.6. The first-order valence-electron chi connectivity index (χ1n) is 6.47. The second-order valence-electron chi connectivity index (χ2n) is 5.02. The number of ether oxygens (including phenoxy) is 3. The van der Waals surface area contributed by atoms with Crippen molar-refractivity contribution in [2.24, 2.45) is 11.8 Å². The smallest absolute Gasteiger partial charge is 0.306 e. The van der Waals surface area contributed by atoms with Gasteiger partial charge >= 0.3 is 5.97 Å². The summed E-state index contributed by atoms with van der Waals surface area (Å²) in [6, 6.07) is 0. The summed E-state index contributed by atoms with van der Waals surface area (Å²) in [6.07, 6.45) is 4.32. The van der Waals surface area contributed by atoms with Crippen molar-refractivity contribution in [3.8, 4) is 0 Å². The van der Waals surface area contributed by atoms with Gasteiger partial charge in [0.15, 0.2) is 5.79 Å². The molecular weight excluding hydrogens is 220 g/mol. The minimum atomic E-state index is -0.517. The lowest BCUT2D eigenvalue weighted by Gasteiger charge is -2.31. The van der Waals surface area contributed by atoms with Gasteiger partial charge in [0.25, 0.3) is 0 Å². The van der Waals surface area contributed by atoms with E-state index in [4.69, 9.17) is 14.2 Å². The lowest BCUT2D eigenvalue weighted by Crippen LogP contribution is -2.41. The first-order valence-corrected chi connectivity index (χ1v) is 6.47. The number of carbonyl (C=O) groups excluding carboxylic acids is 1. The fourth-order valence-electron chi connectivity index (χ4n) is 3.54. The van der Waals surface area contributed by atoms with Crippen LogP contribution in [-0.4, -0.2) is 32.1 Å². The highest BCUT2D eigenvalue weighted by atomic mass is 16.7. The van der Waals surface area contributed by atoms with Crippen molar-refractivity contribution in [2.45, 2.75) is 50.9 Å². The van der Waals surface area contributed by atoms with Gasteiger partial charge in [-0.2, -0.15) is 0 Å². The van der Waals surface area contributed by atoms with Crippen LogP contribution >= 0.6 is 0 Å². The van der Waals surface area contributed by atoms with E-state index in [9.17, 15) is 4.79 Å². The maximum atomic E-state index is 11.6. The van der Waals surface area contributed by atoms with Gasteiger partial charge in [0.2, 0.25) is 0 Å². The van der Waals surface area contributed by atoms with Crippen LogP contribution in [0.5, 0.6) is 0 Å². The normalized spacial score (nSPS) is 33.9. The third-order valence-corrected chi connectivity index (χ3v) is 4.25. The molecule has 0 amide bonds. The Morgan fingerprint density at radius 2 is 2.00 bits per heavy atom. The molecule has 0 radical (unpaired) electrons. The molecule has 4 nitrogen and oxygen atoms in total. The van der Waals surface area contributed by atoms with E-state index >= 15 is 0 Å². The molecule has 0 aromatic rings. The number of methoxy groups -OCH3 is 2. The number of esters is 1. The maximum absolute atomic E-state index is 11.6. The molecular formula is C13H22O4. The molecule has 0 unspecified atom stereocenters. The summed E-state index contributed by atoms with van der Waals surface area (Å²) in [5, 5.41) is 0. The zero-order chi connectivity index (χ0) is 12.5. The molecule has 2 aliphatic rings. The lowest BCUT2D eigenvalue weighted by atomic mass is 9.97. The van der Waals surface area contributed by atoms with Crippen LogP contribution in [0, 0.1) is 11.8 Å². The molecule has 0 saturated heterocycles. The van der Waals surface area contributed by atoms with Crippen LogP contribution in [0.2, 0.25) is 0 Å². The fraction of sp³-hybridized carbons (Fsp3) is 0.923. The van der Waals surface area contributed by atoms with Gasteiger partial charge in [-0.3, -0.25) is 4.79 Å². The van der Waals surface area contributed by atoms with Crippen molar-refractivity contribution >= 4 is 5.97 Å². The number of carbonyl (C=O) groups is 1. The third kappa shape index (κ3) is 1.97. The van der Waals surface area contributed by atoms with Crippen LogP contribution in [0.3, 0.4) is 0 Å². The molecule has 2 aliphatic carbocycles. The van der Waals surface area contributed by atoms with Gasteiger partial charge in [0.05, 0.1) is 5.92 Å². The minimum absolute atomic E-state index is 0.0206. The zero-order valence-electron chi connectivity index (χ0n) is 10.9. The standard InChI is InChI=1S/C13H22O4/c1-4-5-12(14)17-11-8-9-6-7-10(11)13(9,15-2)16-3/h9-11H,4-8H2,1-3H3/t9-,10+,11+/m1/s1. The molecule has 98 valence electrons. The van der Waals surface area contributed by atoms with Gasteiger partial charge in [-0.05, 0) is 25.7 Å². The third-order valence-electron chi connectivity index (χ3n) is 4.25. The predicted molar refractivity (Wildman–Crippen MR) is 62.4 cm³/mol. The molecule has 0 aliphatic heterocycles. The van der Waals surface area contributed by atoms with E-state index < -0.39 is 5.79 Å². The number of rotatable bonds is 5. The van der Waals surface area contributed by atoms with E-state index in [-0.39, 0.29) is 18.0 Å². The largest absolute Gasteiger partial charge is 0.462 e. The molecule has 0 spiro atoms. The van der Waals surface area contributed by atoms with Crippen LogP contribution in [0.4, 0.5) is 0 Å².